The lowest BCUT2D eigenvalue weighted by atomic mass is 9.98. The molecule has 4 unspecified atom stereocenters. The second-order valence-electron chi connectivity index (χ2n) is 19.1. The molecule has 0 aromatic rings. The van der Waals surface area contributed by atoms with E-state index in [1.54, 1.807) is 0 Å². The van der Waals surface area contributed by atoms with Crippen LogP contribution >= 0.6 is 0 Å². The Kier molecular flexibility index (Phi) is 36.5. The fourth-order valence-electron chi connectivity index (χ4n) is 8.57. The van der Waals surface area contributed by atoms with Gasteiger partial charge in [-0.25, -0.2) is 0 Å². The van der Waals surface area contributed by atoms with Crippen LogP contribution in [-0.4, -0.2) is 142 Å². The van der Waals surface area contributed by atoms with Crippen LogP contribution in [0, 0.1) is 0 Å². The SMILES string of the molecule is CCCCCCCC/C=C/CCCCCCCCCC(=O)OC[C@@H](CO[C@@H]1O[C@H](CO[C@@H]2O[C@H](CO)[C@H](O)C(O)C2O)[C@H](O)C(O)C1O)OC(=O)CCCCCCCCCCCCCCCC. The van der Waals surface area contributed by atoms with Gasteiger partial charge < -0.3 is 64.2 Å². The van der Waals surface area contributed by atoms with Gasteiger partial charge in [0.1, 0.15) is 55.4 Å². The molecule has 0 aromatic heterocycles. The Morgan fingerprint density at radius 2 is 0.851 bits per heavy atom. The van der Waals surface area contributed by atoms with Crippen molar-refractivity contribution in [3.8, 4) is 0 Å². The van der Waals surface area contributed by atoms with Gasteiger partial charge in [-0.05, 0) is 38.5 Å². The van der Waals surface area contributed by atoms with Gasteiger partial charge in [-0.15, -0.1) is 0 Å². The monoisotopic (exact) mass is 961 g/mol. The molecular formula is C52H96O15. The van der Waals surface area contributed by atoms with Crippen LogP contribution in [0.15, 0.2) is 12.2 Å². The maximum absolute atomic E-state index is 13.0. The number of hydrogen-bond acceptors (Lipinski definition) is 15. The van der Waals surface area contributed by atoms with E-state index < -0.39 is 92.7 Å². The van der Waals surface area contributed by atoms with Gasteiger partial charge in [0.2, 0.25) is 0 Å². The average Bonchev–Trinajstić information content (AvgIpc) is 3.32. The molecule has 2 heterocycles. The summed E-state index contributed by atoms with van der Waals surface area (Å²) in [6, 6.07) is 0. The smallest absolute Gasteiger partial charge is 0.306 e. The van der Waals surface area contributed by atoms with E-state index >= 15 is 0 Å². The molecule has 0 bridgehead atoms. The summed E-state index contributed by atoms with van der Waals surface area (Å²) in [4.78, 5) is 25.8. The molecule has 67 heavy (non-hydrogen) atoms. The summed E-state index contributed by atoms with van der Waals surface area (Å²) in [6.07, 6.45) is 22.3. The Bertz CT molecular complexity index is 1220. The Morgan fingerprint density at radius 1 is 0.463 bits per heavy atom. The quantitative estimate of drug-likeness (QED) is 0.0176. The third-order valence-corrected chi connectivity index (χ3v) is 13.0. The second kappa shape index (κ2) is 39.9. The van der Waals surface area contributed by atoms with Crippen molar-refractivity contribution in [2.24, 2.45) is 0 Å². The lowest BCUT2D eigenvalue weighted by Gasteiger charge is -2.42. The van der Waals surface area contributed by atoms with Crippen molar-refractivity contribution in [1.82, 2.24) is 0 Å². The molecule has 0 aliphatic carbocycles. The standard InChI is InChI=1S/C52H96O15/c1-3-5-7-9-11-13-15-17-19-20-21-23-24-26-28-30-32-34-43(54)62-37-40(65-44(55)35-33-31-29-27-25-22-18-16-14-12-10-8-6-4-2)38-63-51-50(61)48(59)46(57)42(67-51)39-64-52-49(60)47(58)45(56)41(36-53)66-52/h17,19,40-42,45-53,56-61H,3-16,18,20-39H2,1-2H3/b19-17+/t40-,41+,42+,45-,46-,47?,48?,49?,50?,51+,52+/m0/s1. The summed E-state index contributed by atoms with van der Waals surface area (Å²) in [5.74, 6) is -0.919. The highest BCUT2D eigenvalue weighted by atomic mass is 16.7. The predicted octanol–water partition coefficient (Wildman–Crippen LogP) is 7.77. The fourth-order valence-corrected chi connectivity index (χ4v) is 8.57. The van der Waals surface area contributed by atoms with Crippen molar-refractivity contribution in [3.63, 3.8) is 0 Å². The number of carbonyl (C=O) groups excluding carboxylic acids is 2. The molecule has 0 amide bonds. The molecule has 2 aliphatic rings. The summed E-state index contributed by atoms with van der Waals surface area (Å²) in [5.41, 5.74) is 0. The summed E-state index contributed by atoms with van der Waals surface area (Å²) < 4.78 is 33.6. The van der Waals surface area contributed by atoms with E-state index in [1.807, 2.05) is 0 Å². The van der Waals surface area contributed by atoms with E-state index in [1.165, 1.54) is 128 Å². The lowest BCUT2D eigenvalue weighted by molar-refractivity contribution is -0.332. The minimum absolute atomic E-state index is 0.170. The first-order valence-corrected chi connectivity index (χ1v) is 26.8. The van der Waals surface area contributed by atoms with Crippen molar-refractivity contribution >= 4 is 11.9 Å². The Hall–Kier alpha value is -1.76. The number of ether oxygens (including phenoxy) is 6. The molecule has 0 spiro atoms. The molecule has 15 nitrogen and oxygen atoms in total. The summed E-state index contributed by atoms with van der Waals surface area (Å²) >= 11 is 0. The summed E-state index contributed by atoms with van der Waals surface area (Å²) in [5, 5.41) is 72.1. The van der Waals surface area contributed by atoms with Gasteiger partial charge in [-0.3, -0.25) is 9.59 Å². The van der Waals surface area contributed by atoms with E-state index in [0.717, 1.165) is 44.9 Å². The summed E-state index contributed by atoms with van der Waals surface area (Å²) in [6.45, 7) is 2.61. The number of aliphatic hydroxyl groups is 7. The zero-order chi connectivity index (χ0) is 48.9. The average molecular weight is 961 g/mol. The van der Waals surface area contributed by atoms with E-state index in [2.05, 4.69) is 26.0 Å². The largest absolute Gasteiger partial charge is 0.462 e. The third-order valence-electron chi connectivity index (χ3n) is 13.0. The molecular weight excluding hydrogens is 865 g/mol. The fraction of sp³-hybridized carbons (Fsp3) is 0.923. The lowest BCUT2D eigenvalue weighted by Crippen LogP contribution is -2.61. The van der Waals surface area contributed by atoms with Crippen LogP contribution in [0.25, 0.3) is 0 Å². The van der Waals surface area contributed by atoms with Crippen LogP contribution < -0.4 is 0 Å². The highest BCUT2D eigenvalue weighted by molar-refractivity contribution is 5.70. The second-order valence-corrected chi connectivity index (χ2v) is 19.1. The van der Waals surface area contributed by atoms with Gasteiger partial charge in [0, 0.05) is 12.8 Å². The minimum atomic E-state index is -1.76. The maximum Gasteiger partial charge on any atom is 0.306 e. The van der Waals surface area contributed by atoms with Gasteiger partial charge in [0.05, 0.1) is 19.8 Å². The van der Waals surface area contributed by atoms with Crippen molar-refractivity contribution in [1.29, 1.82) is 0 Å². The van der Waals surface area contributed by atoms with E-state index in [9.17, 15) is 45.3 Å². The Labute approximate surface area is 403 Å². The van der Waals surface area contributed by atoms with Gasteiger partial charge in [-0.2, -0.15) is 0 Å². The maximum atomic E-state index is 13.0. The normalized spacial score (nSPS) is 26.0. The van der Waals surface area contributed by atoms with Crippen LogP contribution in [0.4, 0.5) is 0 Å². The molecule has 394 valence electrons. The van der Waals surface area contributed by atoms with E-state index in [0.29, 0.717) is 12.8 Å². The van der Waals surface area contributed by atoms with Gasteiger partial charge in [-0.1, -0.05) is 174 Å². The molecule has 7 N–H and O–H groups in total. The number of carbonyl (C=O) groups is 2. The molecule has 11 atom stereocenters. The van der Waals surface area contributed by atoms with Gasteiger partial charge in [0.15, 0.2) is 18.7 Å². The first-order chi connectivity index (χ1) is 32.5. The van der Waals surface area contributed by atoms with Crippen molar-refractivity contribution in [2.45, 2.75) is 280 Å². The van der Waals surface area contributed by atoms with Crippen molar-refractivity contribution < 1.29 is 73.8 Å². The topological polar surface area (TPSA) is 231 Å². The van der Waals surface area contributed by atoms with Crippen LogP contribution in [-0.2, 0) is 38.0 Å². The number of allylic oxidation sites excluding steroid dienone is 2. The molecule has 2 saturated heterocycles. The van der Waals surface area contributed by atoms with Gasteiger partial charge in [0.25, 0.3) is 0 Å². The van der Waals surface area contributed by atoms with Crippen LogP contribution in [0.3, 0.4) is 0 Å². The molecule has 15 heteroatoms. The van der Waals surface area contributed by atoms with Crippen LogP contribution in [0.1, 0.15) is 213 Å². The zero-order valence-electron chi connectivity index (χ0n) is 41.7. The zero-order valence-corrected chi connectivity index (χ0v) is 41.7. The molecule has 2 aliphatic heterocycles. The highest BCUT2D eigenvalue weighted by Gasteiger charge is 2.47. The number of esters is 2. The van der Waals surface area contributed by atoms with Crippen LogP contribution in [0.5, 0.6) is 0 Å². The number of aliphatic hydroxyl groups excluding tert-OH is 7. The van der Waals surface area contributed by atoms with Crippen LogP contribution in [0.2, 0.25) is 0 Å². The summed E-state index contributed by atoms with van der Waals surface area (Å²) in [7, 11) is 0. The number of hydrogen-bond donors (Lipinski definition) is 7. The van der Waals surface area contributed by atoms with E-state index in [-0.39, 0.29) is 26.1 Å². The number of unbranched alkanes of at least 4 members (excludes halogenated alkanes) is 26. The highest BCUT2D eigenvalue weighted by Crippen LogP contribution is 2.27. The van der Waals surface area contributed by atoms with Gasteiger partial charge >= 0.3 is 11.9 Å². The molecule has 2 fully saturated rings. The Morgan fingerprint density at radius 3 is 1.31 bits per heavy atom. The Balaban J connectivity index is 1.79. The molecule has 0 aromatic carbocycles. The first-order valence-electron chi connectivity index (χ1n) is 26.8. The third kappa shape index (κ3) is 28.0. The first kappa shape index (κ1) is 61.4. The number of rotatable bonds is 42. The molecule has 0 saturated carbocycles. The van der Waals surface area contributed by atoms with Crippen molar-refractivity contribution in [2.75, 3.05) is 26.4 Å². The molecule has 0 radical (unpaired) electrons. The molecule has 2 rings (SSSR count). The van der Waals surface area contributed by atoms with E-state index in [4.69, 9.17) is 28.4 Å². The van der Waals surface area contributed by atoms with Crippen molar-refractivity contribution in [3.05, 3.63) is 12.2 Å². The minimum Gasteiger partial charge on any atom is -0.462 e. The predicted molar refractivity (Wildman–Crippen MR) is 257 cm³/mol.